The zero-order chi connectivity index (χ0) is 14.5. The Labute approximate surface area is 119 Å². The average molecular weight is 269 g/mol. The van der Waals surface area contributed by atoms with Gasteiger partial charge in [-0.05, 0) is 24.3 Å². The van der Waals surface area contributed by atoms with Crippen LogP contribution in [0.15, 0.2) is 48.5 Å². The van der Waals surface area contributed by atoms with Crippen LogP contribution in [0.2, 0.25) is 0 Å². The van der Waals surface area contributed by atoms with E-state index in [-0.39, 0.29) is 5.78 Å². The molecular weight excluding hydrogens is 250 g/mol. The van der Waals surface area contributed by atoms with Crippen molar-refractivity contribution in [3.05, 3.63) is 54.1 Å². The largest absolute Gasteiger partial charge is 0.454 e. The van der Waals surface area contributed by atoms with Gasteiger partial charge < -0.3 is 9.64 Å². The second-order valence-electron chi connectivity index (χ2n) is 4.74. The predicted molar refractivity (Wildman–Crippen MR) is 81.9 cm³/mol. The van der Waals surface area contributed by atoms with Crippen molar-refractivity contribution in [2.45, 2.75) is 13.3 Å². The first kappa shape index (κ1) is 14.1. The lowest BCUT2D eigenvalue weighted by Gasteiger charge is -2.20. The van der Waals surface area contributed by atoms with Gasteiger partial charge in [0, 0.05) is 20.5 Å². The normalized spacial score (nSPS) is 10.2. The van der Waals surface area contributed by atoms with Crippen molar-refractivity contribution in [1.29, 1.82) is 0 Å². The van der Waals surface area contributed by atoms with Crippen molar-refractivity contribution in [1.82, 2.24) is 0 Å². The molecule has 3 nitrogen and oxygen atoms in total. The standard InChI is InChI=1S/C17H19NO2/c1-4-16(19)14-11-8-12-15(18(2)3)17(14)20-13-9-6-5-7-10-13/h5-12H,4H2,1-3H3. The van der Waals surface area contributed by atoms with E-state index in [1.54, 1.807) is 0 Å². The number of para-hydroxylation sites is 2. The molecule has 0 saturated carbocycles. The highest BCUT2D eigenvalue weighted by molar-refractivity contribution is 6.00. The highest BCUT2D eigenvalue weighted by Crippen LogP contribution is 2.35. The molecule has 0 fully saturated rings. The fourth-order valence-corrected chi connectivity index (χ4v) is 2.00. The molecule has 0 aliphatic carbocycles. The lowest BCUT2D eigenvalue weighted by molar-refractivity contribution is 0.0986. The minimum Gasteiger partial charge on any atom is -0.454 e. The van der Waals surface area contributed by atoms with Crippen LogP contribution in [0.4, 0.5) is 5.69 Å². The zero-order valence-corrected chi connectivity index (χ0v) is 12.1. The molecule has 104 valence electrons. The molecule has 0 heterocycles. The molecule has 2 rings (SSSR count). The molecule has 2 aromatic rings. The zero-order valence-electron chi connectivity index (χ0n) is 12.1. The van der Waals surface area contributed by atoms with Gasteiger partial charge in [0.15, 0.2) is 11.5 Å². The quantitative estimate of drug-likeness (QED) is 0.764. The minimum absolute atomic E-state index is 0.0830. The maximum absolute atomic E-state index is 12.1. The maximum atomic E-state index is 12.1. The molecule has 0 amide bonds. The van der Waals surface area contributed by atoms with Gasteiger partial charge in [-0.3, -0.25) is 4.79 Å². The van der Waals surface area contributed by atoms with Crippen molar-refractivity contribution in [3.63, 3.8) is 0 Å². The van der Waals surface area contributed by atoms with Gasteiger partial charge in [-0.25, -0.2) is 0 Å². The van der Waals surface area contributed by atoms with Gasteiger partial charge in [0.1, 0.15) is 5.75 Å². The van der Waals surface area contributed by atoms with Crippen LogP contribution in [-0.4, -0.2) is 19.9 Å². The van der Waals surface area contributed by atoms with Gasteiger partial charge >= 0.3 is 0 Å². The second-order valence-corrected chi connectivity index (χ2v) is 4.74. The summed E-state index contributed by atoms with van der Waals surface area (Å²) >= 11 is 0. The molecule has 0 spiro atoms. The summed E-state index contributed by atoms with van der Waals surface area (Å²) in [6, 6.07) is 15.2. The van der Waals surface area contributed by atoms with E-state index in [9.17, 15) is 4.79 Å². The van der Waals surface area contributed by atoms with Crippen molar-refractivity contribution in [3.8, 4) is 11.5 Å². The summed E-state index contributed by atoms with van der Waals surface area (Å²) < 4.78 is 5.96. The van der Waals surface area contributed by atoms with Gasteiger partial charge in [0.2, 0.25) is 0 Å². The van der Waals surface area contributed by atoms with Gasteiger partial charge in [-0.1, -0.05) is 31.2 Å². The summed E-state index contributed by atoms with van der Waals surface area (Å²) in [5, 5.41) is 0. The first-order valence-electron chi connectivity index (χ1n) is 6.70. The second kappa shape index (κ2) is 6.24. The van der Waals surface area contributed by atoms with Crippen molar-refractivity contribution >= 4 is 11.5 Å². The van der Waals surface area contributed by atoms with E-state index in [0.29, 0.717) is 17.7 Å². The van der Waals surface area contributed by atoms with Gasteiger partial charge in [0.25, 0.3) is 0 Å². The molecule has 0 unspecified atom stereocenters. The van der Waals surface area contributed by atoms with Gasteiger partial charge in [-0.15, -0.1) is 0 Å². The number of benzene rings is 2. The van der Waals surface area contributed by atoms with Crippen LogP contribution in [0, 0.1) is 0 Å². The number of rotatable bonds is 5. The summed E-state index contributed by atoms with van der Waals surface area (Å²) in [7, 11) is 3.88. The fourth-order valence-electron chi connectivity index (χ4n) is 2.00. The molecule has 3 heteroatoms. The SMILES string of the molecule is CCC(=O)c1cccc(N(C)C)c1Oc1ccccc1. The van der Waals surface area contributed by atoms with Gasteiger partial charge in [-0.2, -0.15) is 0 Å². The highest BCUT2D eigenvalue weighted by atomic mass is 16.5. The number of carbonyl (C=O) groups is 1. The third-order valence-corrected chi connectivity index (χ3v) is 3.06. The topological polar surface area (TPSA) is 29.5 Å². The fraction of sp³-hybridized carbons (Fsp3) is 0.235. The molecule has 0 N–H and O–H groups in total. The molecular formula is C17H19NO2. The lowest BCUT2D eigenvalue weighted by atomic mass is 10.1. The molecule has 0 aliphatic heterocycles. The van der Waals surface area contributed by atoms with Crippen LogP contribution in [0.1, 0.15) is 23.7 Å². The number of ketones is 1. The number of anilines is 1. The molecule has 2 aromatic carbocycles. The van der Waals surface area contributed by atoms with Crippen LogP contribution >= 0.6 is 0 Å². The maximum Gasteiger partial charge on any atom is 0.166 e. The summed E-state index contributed by atoms with van der Waals surface area (Å²) in [5.41, 5.74) is 1.52. The first-order chi connectivity index (χ1) is 9.63. The van der Waals surface area contributed by atoms with E-state index >= 15 is 0 Å². The van der Waals surface area contributed by atoms with Crippen molar-refractivity contribution in [2.75, 3.05) is 19.0 Å². The number of ether oxygens (including phenoxy) is 1. The summed E-state index contributed by atoms with van der Waals surface area (Å²) in [6.07, 6.45) is 0.460. The van der Waals surface area contributed by atoms with E-state index < -0.39 is 0 Å². The van der Waals surface area contributed by atoms with E-state index in [4.69, 9.17) is 4.74 Å². The Bertz CT molecular complexity index is 591. The van der Waals surface area contributed by atoms with Gasteiger partial charge in [0.05, 0.1) is 11.3 Å². The number of carbonyl (C=O) groups excluding carboxylic acids is 1. The highest BCUT2D eigenvalue weighted by Gasteiger charge is 2.16. The Morgan fingerprint density at radius 3 is 2.35 bits per heavy atom. The van der Waals surface area contributed by atoms with Crippen LogP contribution in [0.25, 0.3) is 0 Å². The smallest absolute Gasteiger partial charge is 0.166 e. The van der Waals surface area contributed by atoms with E-state index in [1.165, 1.54) is 0 Å². The van der Waals surface area contributed by atoms with Crippen LogP contribution < -0.4 is 9.64 Å². The van der Waals surface area contributed by atoms with E-state index in [2.05, 4.69) is 0 Å². The molecule has 0 radical (unpaired) electrons. The Kier molecular flexibility index (Phi) is 4.41. The first-order valence-corrected chi connectivity index (χ1v) is 6.70. The van der Waals surface area contributed by atoms with Crippen LogP contribution in [-0.2, 0) is 0 Å². The molecule has 0 atom stereocenters. The summed E-state index contributed by atoms with van der Waals surface area (Å²) in [6.45, 7) is 1.86. The van der Waals surface area contributed by atoms with Crippen LogP contribution in [0.5, 0.6) is 11.5 Å². The molecule has 0 bridgehead atoms. The summed E-state index contributed by atoms with van der Waals surface area (Å²) in [5.74, 6) is 1.43. The number of Topliss-reactive ketones (excluding diaryl/α,β-unsaturated/α-hetero) is 1. The monoisotopic (exact) mass is 269 g/mol. The molecule has 0 aromatic heterocycles. The Morgan fingerprint density at radius 2 is 1.75 bits per heavy atom. The number of nitrogens with zero attached hydrogens (tertiary/aromatic N) is 1. The third-order valence-electron chi connectivity index (χ3n) is 3.06. The predicted octanol–water partition coefficient (Wildman–Crippen LogP) is 4.14. The Hall–Kier alpha value is -2.29. The molecule has 20 heavy (non-hydrogen) atoms. The van der Waals surface area contributed by atoms with Crippen molar-refractivity contribution < 1.29 is 9.53 Å². The third kappa shape index (κ3) is 2.99. The Balaban J connectivity index is 2.49. The summed E-state index contributed by atoms with van der Waals surface area (Å²) in [4.78, 5) is 14.0. The van der Waals surface area contributed by atoms with Crippen molar-refractivity contribution in [2.24, 2.45) is 0 Å². The minimum atomic E-state index is 0.0830. The number of hydrogen-bond donors (Lipinski definition) is 0. The lowest BCUT2D eigenvalue weighted by Crippen LogP contribution is -2.12. The average Bonchev–Trinajstić information content (AvgIpc) is 2.47. The molecule has 0 aliphatic rings. The van der Waals surface area contributed by atoms with E-state index in [0.717, 1.165) is 11.4 Å². The van der Waals surface area contributed by atoms with Crippen LogP contribution in [0.3, 0.4) is 0 Å². The number of hydrogen-bond acceptors (Lipinski definition) is 3. The molecule has 0 saturated heterocycles. The Morgan fingerprint density at radius 1 is 1.05 bits per heavy atom. The van der Waals surface area contributed by atoms with E-state index in [1.807, 2.05) is 74.4 Å².